The third-order valence-electron chi connectivity index (χ3n) is 2.97. The summed E-state index contributed by atoms with van der Waals surface area (Å²) in [5.41, 5.74) is 2.16. The molecule has 0 saturated heterocycles. The Balaban J connectivity index is 0.00000264. The third-order valence-corrected chi connectivity index (χ3v) is 2.97. The van der Waals surface area contributed by atoms with Crippen LogP contribution in [0.5, 0.6) is 0 Å². The molecule has 0 unspecified atom stereocenters. The van der Waals surface area contributed by atoms with Crippen LogP contribution in [0.1, 0.15) is 11.1 Å². The molecule has 23 heavy (non-hydrogen) atoms. The van der Waals surface area contributed by atoms with Crippen molar-refractivity contribution in [1.29, 1.82) is 0 Å². The predicted octanol–water partition coefficient (Wildman–Crippen LogP) is -0.346. The van der Waals surface area contributed by atoms with E-state index in [9.17, 15) is 0 Å². The summed E-state index contributed by atoms with van der Waals surface area (Å²) in [4.78, 5) is 10.4. The molecule has 0 spiro atoms. The number of nitrogens with zero attached hydrogens (tertiary/aromatic N) is 4. The van der Waals surface area contributed by atoms with E-state index in [2.05, 4.69) is 28.2 Å². The fraction of sp³-hybridized carbons (Fsp3) is 0.167. The molecule has 0 fully saturated rings. The zero-order valence-electron chi connectivity index (χ0n) is 13.6. The first-order valence-electron chi connectivity index (χ1n) is 7.11. The Bertz CT molecular complexity index is 671. The molecule has 0 aromatic carbocycles. The minimum absolute atomic E-state index is 0. The fourth-order valence-corrected chi connectivity index (χ4v) is 1.73. The molecular weight excluding hydrogens is 399 g/mol. The zero-order valence-corrected chi connectivity index (χ0v) is 15.8. The molecule has 0 aliphatic carbocycles. The first-order valence-corrected chi connectivity index (χ1v) is 7.11. The van der Waals surface area contributed by atoms with Gasteiger partial charge in [-0.2, -0.15) is 0 Å². The highest BCUT2D eigenvalue weighted by Gasteiger charge is 1.96. The third kappa shape index (κ3) is 6.73. The molecule has 0 radical (unpaired) electrons. The zero-order chi connectivity index (χ0) is 15.8. The summed E-state index contributed by atoms with van der Waals surface area (Å²) in [5, 5.41) is 0. The van der Waals surface area contributed by atoms with E-state index in [1.165, 1.54) is 5.56 Å². The van der Waals surface area contributed by atoms with Gasteiger partial charge in [0, 0.05) is 44.2 Å². The average molecular weight is 420 g/mol. The lowest BCUT2D eigenvalue weighted by Crippen LogP contribution is -3.00. The van der Waals surface area contributed by atoms with E-state index in [1.54, 1.807) is 0 Å². The van der Waals surface area contributed by atoms with E-state index < -0.39 is 0 Å². The molecule has 120 valence electrons. The summed E-state index contributed by atoms with van der Waals surface area (Å²) in [7, 11) is 5.85. The second-order valence-electron chi connectivity index (χ2n) is 5.11. The summed E-state index contributed by atoms with van der Waals surface area (Å²) in [5.74, 6) is 0.715. The molecule has 2 rings (SSSR count). The van der Waals surface area contributed by atoms with Crippen LogP contribution in [-0.2, 0) is 7.05 Å². The van der Waals surface area contributed by atoms with Gasteiger partial charge in [0.15, 0.2) is 12.4 Å². The van der Waals surface area contributed by atoms with Crippen molar-refractivity contribution in [2.24, 2.45) is 7.05 Å². The molecule has 0 atom stereocenters. The molecule has 0 amide bonds. The van der Waals surface area contributed by atoms with Gasteiger partial charge >= 0.3 is 0 Å². The van der Waals surface area contributed by atoms with Gasteiger partial charge in [0.2, 0.25) is 5.95 Å². The van der Waals surface area contributed by atoms with Crippen molar-refractivity contribution < 1.29 is 28.5 Å². The first-order chi connectivity index (χ1) is 10.6. The molecule has 0 saturated carbocycles. The Labute approximate surface area is 154 Å². The minimum Gasteiger partial charge on any atom is -1.00 e. The molecule has 2 heterocycles. The van der Waals surface area contributed by atoms with Crippen molar-refractivity contribution >= 4 is 18.1 Å². The topological polar surface area (TPSA) is 32.9 Å². The summed E-state index contributed by atoms with van der Waals surface area (Å²) < 4.78 is 2.01. The Hall–Kier alpha value is -2.02. The fourth-order valence-electron chi connectivity index (χ4n) is 1.73. The summed E-state index contributed by atoms with van der Waals surface area (Å²) >= 11 is 0. The number of pyridine rings is 1. The van der Waals surface area contributed by atoms with Crippen LogP contribution in [0.4, 0.5) is 5.95 Å². The van der Waals surface area contributed by atoms with Gasteiger partial charge in [-0.3, -0.25) is 0 Å². The van der Waals surface area contributed by atoms with Crippen LogP contribution in [0, 0.1) is 0 Å². The van der Waals surface area contributed by atoms with E-state index in [0.29, 0.717) is 5.95 Å². The van der Waals surface area contributed by atoms with Crippen molar-refractivity contribution in [3.05, 3.63) is 72.4 Å². The number of allylic oxidation sites excluding steroid dienone is 4. The Morgan fingerprint density at radius 2 is 1.39 bits per heavy atom. The molecule has 2 aromatic heterocycles. The molecule has 0 bridgehead atoms. The number of halogens is 1. The highest BCUT2D eigenvalue weighted by atomic mass is 127. The highest BCUT2D eigenvalue weighted by Crippen LogP contribution is 2.04. The van der Waals surface area contributed by atoms with E-state index in [-0.39, 0.29) is 24.0 Å². The lowest BCUT2D eigenvalue weighted by molar-refractivity contribution is -0.671. The monoisotopic (exact) mass is 420 g/mol. The van der Waals surface area contributed by atoms with Gasteiger partial charge in [-0.1, -0.05) is 36.5 Å². The van der Waals surface area contributed by atoms with Crippen molar-refractivity contribution in [2.75, 3.05) is 19.0 Å². The number of aromatic nitrogens is 3. The van der Waals surface area contributed by atoms with Gasteiger partial charge in [-0.05, 0) is 5.56 Å². The van der Waals surface area contributed by atoms with Gasteiger partial charge in [-0.15, -0.1) is 0 Å². The molecule has 0 N–H and O–H groups in total. The second kappa shape index (κ2) is 9.89. The first kappa shape index (κ1) is 19.0. The summed E-state index contributed by atoms with van der Waals surface area (Å²) in [6, 6.07) is 4.15. The molecular formula is C18H21IN4. The number of rotatable bonds is 5. The normalized spacial score (nSPS) is 11.3. The van der Waals surface area contributed by atoms with Gasteiger partial charge < -0.3 is 28.9 Å². The largest absolute Gasteiger partial charge is 1.00 e. The van der Waals surface area contributed by atoms with Crippen LogP contribution in [0.2, 0.25) is 0 Å². The Kier molecular flexibility index (Phi) is 8.18. The van der Waals surface area contributed by atoms with Crippen molar-refractivity contribution in [3.63, 3.8) is 0 Å². The van der Waals surface area contributed by atoms with Crippen LogP contribution in [0.15, 0.2) is 61.2 Å². The number of hydrogen-bond donors (Lipinski definition) is 0. The van der Waals surface area contributed by atoms with E-state index >= 15 is 0 Å². The van der Waals surface area contributed by atoms with Crippen molar-refractivity contribution in [1.82, 2.24) is 9.97 Å². The molecule has 4 nitrogen and oxygen atoms in total. The maximum atomic E-state index is 4.26. The summed E-state index contributed by atoms with van der Waals surface area (Å²) in [6.07, 6.45) is 19.7. The summed E-state index contributed by atoms with van der Waals surface area (Å²) in [6.45, 7) is 0. The lowest BCUT2D eigenvalue weighted by Gasteiger charge is -2.08. The standard InChI is InChI=1S/C18H21N4.HI/c1-21(2)18-19-14-17(15-20-18)9-7-5-4-6-8-16-10-12-22(3)13-11-16;/h4-15H,1-3H3;1H/q+1;/p-1. The quantitative estimate of drug-likeness (QED) is 0.377. The number of anilines is 1. The van der Waals surface area contributed by atoms with E-state index in [1.807, 2.05) is 85.8 Å². The number of hydrogen-bond acceptors (Lipinski definition) is 3. The Morgan fingerprint density at radius 3 is 1.91 bits per heavy atom. The molecule has 0 aliphatic heterocycles. The van der Waals surface area contributed by atoms with Gasteiger partial charge in [0.05, 0.1) is 0 Å². The molecule has 2 aromatic rings. The van der Waals surface area contributed by atoms with Crippen LogP contribution in [0.25, 0.3) is 12.2 Å². The van der Waals surface area contributed by atoms with Crippen LogP contribution in [0.3, 0.4) is 0 Å². The van der Waals surface area contributed by atoms with Crippen LogP contribution >= 0.6 is 0 Å². The number of aryl methyl sites for hydroxylation is 1. The minimum atomic E-state index is 0. The smallest absolute Gasteiger partial charge is 0.224 e. The van der Waals surface area contributed by atoms with Gasteiger partial charge in [-0.25, -0.2) is 14.5 Å². The van der Waals surface area contributed by atoms with Crippen molar-refractivity contribution in [3.8, 4) is 0 Å². The van der Waals surface area contributed by atoms with E-state index in [4.69, 9.17) is 0 Å². The van der Waals surface area contributed by atoms with Crippen LogP contribution < -0.4 is 33.4 Å². The lowest BCUT2D eigenvalue weighted by atomic mass is 10.2. The maximum absolute atomic E-state index is 4.26. The Morgan fingerprint density at radius 1 is 0.870 bits per heavy atom. The van der Waals surface area contributed by atoms with Crippen LogP contribution in [-0.4, -0.2) is 24.1 Å². The highest BCUT2D eigenvalue weighted by molar-refractivity contribution is 5.52. The van der Waals surface area contributed by atoms with Crippen molar-refractivity contribution in [2.45, 2.75) is 0 Å². The van der Waals surface area contributed by atoms with Gasteiger partial charge in [0.1, 0.15) is 7.05 Å². The van der Waals surface area contributed by atoms with Gasteiger partial charge in [0.25, 0.3) is 0 Å². The SMILES string of the molecule is CN(C)c1ncc(/C=C/C=C/C=C/c2cc[n+](C)cc2)cn1.[I-]. The molecule has 0 aliphatic rings. The average Bonchev–Trinajstić information content (AvgIpc) is 2.53. The van der Waals surface area contributed by atoms with E-state index in [0.717, 1.165) is 5.56 Å². The molecule has 5 heteroatoms. The predicted molar refractivity (Wildman–Crippen MR) is 91.2 cm³/mol. The second-order valence-corrected chi connectivity index (χ2v) is 5.11. The maximum Gasteiger partial charge on any atom is 0.224 e.